The fraction of sp³-hybridized carbons (Fsp3) is 0.286. The monoisotopic (exact) mass is 152 g/mol. The van der Waals surface area contributed by atoms with Gasteiger partial charge >= 0.3 is 0 Å². The van der Waals surface area contributed by atoms with E-state index in [1.165, 1.54) is 5.03 Å². The van der Waals surface area contributed by atoms with E-state index in [0.717, 1.165) is 12.4 Å². The Labute approximate surface area is 64.3 Å². The highest BCUT2D eigenvalue weighted by Crippen LogP contribution is 2.24. The molecule has 0 aliphatic carbocycles. The van der Waals surface area contributed by atoms with Crippen LogP contribution < -0.4 is 0 Å². The van der Waals surface area contributed by atoms with Crippen LogP contribution >= 0.6 is 11.8 Å². The third-order valence-corrected chi connectivity index (χ3v) is 2.41. The lowest BCUT2D eigenvalue weighted by atomic mass is 10.4. The molecule has 0 aromatic rings. The van der Waals surface area contributed by atoms with E-state index in [1.54, 1.807) is 11.8 Å². The maximum Gasteiger partial charge on any atom is 0.0921 e. The molecule has 0 unspecified atom stereocenters. The van der Waals surface area contributed by atoms with Crippen molar-refractivity contribution < 1.29 is 0 Å². The summed E-state index contributed by atoms with van der Waals surface area (Å²) in [5.41, 5.74) is 0. The van der Waals surface area contributed by atoms with E-state index >= 15 is 0 Å². The van der Waals surface area contributed by atoms with Crippen molar-refractivity contribution in [2.75, 3.05) is 12.4 Å². The fourth-order valence-electron chi connectivity index (χ4n) is 0.981. The minimum absolute atomic E-state index is 0.871. The van der Waals surface area contributed by atoms with Gasteiger partial charge in [0, 0.05) is 6.54 Å². The highest BCUT2D eigenvalue weighted by molar-refractivity contribution is 8.03. The topological polar surface area (TPSA) is 15.6 Å². The SMILES string of the molecule is C1=CCN2C=NCSC2=C1. The quantitative estimate of drug-likeness (QED) is 0.522. The van der Waals surface area contributed by atoms with E-state index in [-0.39, 0.29) is 0 Å². The number of nitrogens with zero attached hydrogens (tertiary/aromatic N) is 2. The third-order valence-electron chi connectivity index (χ3n) is 1.47. The second-order valence-corrected chi connectivity index (χ2v) is 3.12. The van der Waals surface area contributed by atoms with Gasteiger partial charge in [-0.25, -0.2) is 0 Å². The van der Waals surface area contributed by atoms with Crippen molar-refractivity contribution in [2.24, 2.45) is 4.99 Å². The van der Waals surface area contributed by atoms with E-state index in [0.29, 0.717) is 0 Å². The van der Waals surface area contributed by atoms with Gasteiger partial charge < -0.3 is 4.90 Å². The van der Waals surface area contributed by atoms with Crippen molar-refractivity contribution in [1.29, 1.82) is 0 Å². The minimum Gasteiger partial charge on any atom is -0.323 e. The summed E-state index contributed by atoms with van der Waals surface area (Å²) in [4.78, 5) is 6.30. The predicted molar refractivity (Wildman–Crippen MR) is 44.9 cm³/mol. The van der Waals surface area contributed by atoms with Gasteiger partial charge in [-0.15, -0.1) is 0 Å². The van der Waals surface area contributed by atoms with Gasteiger partial charge in [-0.2, -0.15) is 0 Å². The van der Waals surface area contributed by atoms with Gasteiger partial charge in [0.2, 0.25) is 0 Å². The molecule has 2 aliphatic heterocycles. The first-order valence-corrected chi connectivity index (χ1v) is 4.21. The van der Waals surface area contributed by atoms with E-state index < -0.39 is 0 Å². The van der Waals surface area contributed by atoms with Crippen LogP contribution in [0, 0.1) is 0 Å². The molecule has 2 nitrogen and oxygen atoms in total. The van der Waals surface area contributed by atoms with Crippen molar-refractivity contribution >= 4 is 18.1 Å². The van der Waals surface area contributed by atoms with E-state index in [4.69, 9.17) is 0 Å². The van der Waals surface area contributed by atoms with Crippen LogP contribution in [0.5, 0.6) is 0 Å². The second-order valence-electron chi connectivity index (χ2n) is 2.16. The Balaban J connectivity index is 2.26. The lowest BCUT2D eigenvalue weighted by molar-refractivity contribution is 0.614. The average Bonchev–Trinajstić information content (AvgIpc) is 2.05. The molecule has 10 heavy (non-hydrogen) atoms. The van der Waals surface area contributed by atoms with Gasteiger partial charge in [0.05, 0.1) is 17.2 Å². The second kappa shape index (κ2) is 2.50. The van der Waals surface area contributed by atoms with Crippen molar-refractivity contribution in [3.05, 3.63) is 23.3 Å². The molecule has 0 spiro atoms. The Morgan fingerprint density at radius 3 is 3.50 bits per heavy atom. The van der Waals surface area contributed by atoms with Crippen molar-refractivity contribution in [2.45, 2.75) is 0 Å². The molecule has 2 rings (SSSR count). The average molecular weight is 152 g/mol. The largest absolute Gasteiger partial charge is 0.323 e. The van der Waals surface area contributed by atoms with Crippen LogP contribution in [0.15, 0.2) is 28.2 Å². The number of hydrogen-bond acceptors (Lipinski definition) is 3. The molecule has 0 fully saturated rings. The van der Waals surface area contributed by atoms with E-state index in [1.807, 2.05) is 6.34 Å². The summed E-state index contributed by atoms with van der Waals surface area (Å²) in [6.07, 6.45) is 8.25. The first kappa shape index (κ1) is 6.04. The molecule has 0 amide bonds. The zero-order valence-electron chi connectivity index (χ0n) is 5.53. The number of hydrogen-bond donors (Lipinski definition) is 0. The first-order valence-electron chi connectivity index (χ1n) is 3.23. The first-order chi connectivity index (χ1) is 4.97. The zero-order chi connectivity index (χ0) is 6.81. The Kier molecular flexibility index (Phi) is 1.51. The van der Waals surface area contributed by atoms with Gasteiger partial charge in [-0.3, -0.25) is 4.99 Å². The summed E-state index contributed by atoms with van der Waals surface area (Å²) in [5, 5.41) is 1.32. The summed E-state index contributed by atoms with van der Waals surface area (Å²) >= 11 is 1.78. The molecule has 0 saturated heterocycles. The van der Waals surface area contributed by atoms with Gasteiger partial charge in [-0.05, 0) is 6.08 Å². The molecule has 0 atom stereocenters. The summed E-state index contributed by atoms with van der Waals surface area (Å²) in [6, 6.07) is 0. The molecule has 3 heteroatoms. The number of rotatable bonds is 0. The number of fused-ring (bicyclic) bond motifs is 1. The van der Waals surface area contributed by atoms with Gasteiger partial charge in [-0.1, -0.05) is 23.9 Å². The number of allylic oxidation sites excluding steroid dienone is 2. The third kappa shape index (κ3) is 0.968. The smallest absolute Gasteiger partial charge is 0.0921 e. The van der Waals surface area contributed by atoms with E-state index in [2.05, 4.69) is 28.1 Å². The molecule has 0 bridgehead atoms. The molecule has 2 aliphatic rings. The molecule has 0 aromatic carbocycles. The van der Waals surface area contributed by atoms with Crippen LogP contribution in [0.1, 0.15) is 0 Å². The van der Waals surface area contributed by atoms with Crippen molar-refractivity contribution in [3.63, 3.8) is 0 Å². The van der Waals surface area contributed by atoms with Gasteiger partial charge in [0.25, 0.3) is 0 Å². The van der Waals surface area contributed by atoms with Crippen LogP contribution in [-0.2, 0) is 0 Å². The molecular formula is C7H8N2S. The van der Waals surface area contributed by atoms with Crippen LogP contribution in [0.2, 0.25) is 0 Å². The molecular weight excluding hydrogens is 144 g/mol. The van der Waals surface area contributed by atoms with Crippen LogP contribution in [-0.4, -0.2) is 23.7 Å². The summed E-state index contributed by atoms with van der Waals surface area (Å²) in [6.45, 7) is 0.975. The molecule has 52 valence electrons. The highest BCUT2D eigenvalue weighted by Gasteiger charge is 2.11. The highest BCUT2D eigenvalue weighted by atomic mass is 32.2. The summed E-state index contributed by atoms with van der Waals surface area (Å²) < 4.78 is 0. The fourth-order valence-corrected chi connectivity index (χ4v) is 1.72. The Bertz CT molecular complexity index is 218. The zero-order valence-corrected chi connectivity index (χ0v) is 6.34. The lowest BCUT2D eigenvalue weighted by Crippen LogP contribution is -2.24. The maximum absolute atomic E-state index is 4.15. The predicted octanol–water partition coefficient (Wildman–Crippen LogP) is 1.43. The molecule has 2 heterocycles. The van der Waals surface area contributed by atoms with Crippen molar-refractivity contribution in [1.82, 2.24) is 4.90 Å². The Morgan fingerprint density at radius 2 is 2.60 bits per heavy atom. The van der Waals surface area contributed by atoms with Crippen LogP contribution in [0.3, 0.4) is 0 Å². The van der Waals surface area contributed by atoms with Crippen LogP contribution in [0.4, 0.5) is 0 Å². The summed E-state index contributed by atoms with van der Waals surface area (Å²) in [7, 11) is 0. The number of aliphatic imine (C=N–C) groups is 1. The standard InChI is InChI=1S/C7H8N2S/c1-2-4-9-5-8-6-10-7(9)3-1/h1-3,5H,4,6H2. The van der Waals surface area contributed by atoms with Crippen molar-refractivity contribution in [3.8, 4) is 0 Å². The molecule has 0 radical (unpaired) electrons. The normalized spacial score (nSPS) is 22.4. The minimum atomic E-state index is 0.871. The number of thioether (sulfide) groups is 1. The molecule has 0 aromatic heterocycles. The molecule has 0 saturated carbocycles. The van der Waals surface area contributed by atoms with Gasteiger partial charge in [0.1, 0.15) is 0 Å². The maximum atomic E-state index is 4.15. The summed E-state index contributed by atoms with van der Waals surface area (Å²) in [5.74, 6) is 0.871. The van der Waals surface area contributed by atoms with Crippen LogP contribution in [0.25, 0.3) is 0 Å². The van der Waals surface area contributed by atoms with Gasteiger partial charge in [0.15, 0.2) is 0 Å². The lowest BCUT2D eigenvalue weighted by Gasteiger charge is -2.25. The molecule has 0 N–H and O–H groups in total. The Morgan fingerprint density at radius 1 is 1.60 bits per heavy atom. The van der Waals surface area contributed by atoms with E-state index in [9.17, 15) is 0 Å². The Hall–Kier alpha value is -0.700.